The normalized spacial score (nSPS) is 11.1. The first kappa shape index (κ1) is 12.8. The first-order valence-corrected chi connectivity index (χ1v) is 7.02. The highest BCUT2D eigenvalue weighted by molar-refractivity contribution is 5.87. The van der Waals surface area contributed by atoms with Crippen molar-refractivity contribution in [1.82, 2.24) is 19.5 Å². The van der Waals surface area contributed by atoms with Gasteiger partial charge in [-0.3, -0.25) is 0 Å². The summed E-state index contributed by atoms with van der Waals surface area (Å²) < 4.78 is 2.11. The van der Waals surface area contributed by atoms with Gasteiger partial charge in [-0.2, -0.15) is 0 Å². The average molecular weight is 266 g/mol. The van der Waals surface area contributed by atoms with E-state index < -0.39 is 0 Å². The van der Waals surface area contributed by atoms with Gasteiger partial charge in [-0.25, -0.2) is 15.0 Å². The van der Waals surface area contributed by atoms with Crippen LogP contribution in [0.2, 0.25) is 0 Å². The third kappa shape index (κ3) is 2.29. The van der Waals surface area contributed by atoms with Gasteiger partial charge in [0, 0.05) is 12.1 Å². The summed E-state index contributed by atoms with van der Waals surface area (Å²) in [6.45, 7) is 5.23. The van der Waals surface area contributed by atoms with Gasteiger partial charge in [0.2, 0.25) is 0 Å². The molecule has 0 saturated heterocycles. The van der Waals surface area contributed by atoms with Crippen LogP contribution in [0.25, 0.3) is 22.4 Å². The molecule has 2 heterocycles. The Hall–Kier alpha value is -2.23. The fourth-order valence-electron chi connectivity index (χ4n) is 2.38. The van der Waals surface area contributed by atoms with E-state index in [1.165, 1.54) is 5.56 Å². The van der Waals surface area contributed by atoms with Gasteiger partial charge in [-0.1, -0.05) is 37.1 Å². The molecule has 0 bridgehead atoms. The van der Waals surface area contributed by atoms with Gasteiger partial charge >= 0.3 is 0 Å². The monoisotopic (exact) mass is 266 g/mol. The molecular weight excluding hydrogens is 248 g/mol. The highest BCUT2D eigenvalue weighted by Crippen LogP contribution is 2.24. The minimum atomic E-state index is 0.884. The van der Waals surface area contributed by atoms with Gasteiger partial charge in [-0.15, -0.1) is 0 Å². The van der Waals surface area contributed by atoms with Crippen molar-refractivity contribution in [3.05, 3.63) is 42.5 Å². The van der Waals surface area contributed by atoms with Crippen LogP contribution in [0.3, 0.4) is 0 Å². The Morgan fingerprint density at radius 3 is 2.85 bits per heavy atom. The van der Waals surface area contributed by atoms with E-state index in [1.54, 1.807) is 6.33 Å². The van der Waals surface area contributed by atoms with Crippen molar-refractivity contribution in [2.24, 2.45) is 0 Å². The van der Waals surface area contributed by atoms with Crippen LogP contribution in [0, 0.1) is 6.92 Å². The molecule has 0 N–H and O–H groups in total. The molecule has 0 unspecified atom stereocenters. The van der Waals surface area contributed by atoms with Gasteiger partial charge in [0.15, 0.2) is 5.65 Å². The van der Waals surface area contributed by atoms with Gasteiger partial charge in [-0.05, 0) is 19.4 Å². The van der Waals surface area contributed by atoms with Crippen LogP contribution in [0.15, 0.2) is 36.9 Å². The molecule has 0 aliphatic carbocycles. The Balaban J connectivity index is 2.10. The second kappa shape index (κ2) is 5.41. The number of unbranched alkanes of at least 4 members (excludes halogenated alkanes) is 1. The Labute approximate surface area is 118 Å². The molecule has 102 valence electrons. The highest BCUT2D eigenvalue weighted by Gasteiger charge is 2.11. The van der Waals surface area contributed by atoms with Gasteiger partial charge in [0.25, 0.3) is 0 Å². The Morgan fingerprint density at radius 1 is 1.15 bits per heavy atom. The predicted molar refractivity (Wildman–Crippen MR) is 80.4 cm³/mol. The van der Waals surface area contributed by atoms with E-state index in [0.717, 1.165) is 41.8 Å². The SMILES string of the molecule is CCCCn1cnc2c(-c3cccc(C)c3)ncnc21. The van der Waals surface area contributed by atoms with E-state index in [2.05, 4.69) is 51.6 Å². The summed E-state index contributed by atoms with van der Waals surface area (Å²) in [5, 5.41) is 0. The molecule has 0 aliphatic rings. The number of hydrogen-bond donors (Lipinski definition) is 0. The highest BCUT2D eigenvalue weighted by atomic mass is 15.1. The summed E-state index contributed by atoms with van der Waals surface area (Å²) in [5.74, 6) is 0. The van der Waals surface area contributed by atoms with Gasteiger partial charge in [0.05, 0.1) is 6.33 Å². The zero-order valence-corrected chi connectivity index (χ0v) is 11.9. The fourth-order valence-corrected chi connectivity index (χ4v) is 2.38. The lowest BCUT2D eigenvalue weighted by Gasteiger charge is -2.04. The smallest absolute Gasteiger partial charge is 0.163 e. The molecule has 4 nitrogen and oxygen atoms in total. The second-order valence-electron chi connectivity index (χ2n) is 5.06. The molecule has 3 rings (SSSR count). The summed E-state index contributed by atoms with van der Waals surface area (Å²) in [7, 11) is 0. The van der Waals surface area contributed by atoms with Crippen LogP contribution in [0.4, 0.5) is 0 Å². The van der Waals surface area contributed by atoms with Crippen LogP contribution in [-0.4, -0.2) is 19.5 Å². The molecule has 0 amide bonds. The zero-order chi connectivity index (χ0) is 13.9. The molecule has 1 aromatic carbocycles. The van der Waals surface area contributed by atoms with Gasteiger partial charge < -0.3 is 4.57 Å². The fraction of sp³-hybridized carbons (Fsp3) is 0.312. The first-order valence-electron chi connectivity index (χ1n) is 7.02. The summed E-state index contributed by atoms with van der Waals surface area (Å²) in [5.41, 5.74) is 5.03. The van der Waals surface area contributed by atoms with Crippen LogP contribution in [-0.2, 0) is 6.54 Å². The number of hydrogen-bond acceptors (Lipinski definition) is 3. The molecule has 0 saturated carbocycles. The summed E-state index contributed by atoms with van der Waals surface area (Å²) >= 11 is 0. The number of aromatic nitrogens is 4. The third-order valence-electron chi connectivity index (χ3n) is 3.45. The quantitative estimate of drug-likeness (QED) is 0.724. The Bertz CT molecular complexity index is 730. The van der Waals surface area contributed by atoms with Crippen LogP contribution < -0.4 is 0 Å². The summed E-state index contributed by atoms with van der Waals surface area (Å²) in [6, 6.07) is 8.33. The van der Waals surface area contributed by atoms with Crippen molar-refractivity contribution >= 4 is 11.2 Å². The van der Waals surface area contributed by atoms with Crippen molar-refractivity contribution in [2.45, 2.75) is 33.2 Å². The van der Waals surface area contributed by atoms with E-state index in [0.29, 0.717) is 0 Å². The molecule has 0 aliphatic heterocycles. The molecule has 0 atom stereocenters. The molecule has 20 heavy (non-hydrogen) atoms. The molecule has 4 heteroatoms. The molecule has 0 fully saturated rings. The summed E-state index contributed by atoms with van der Waals surface area (Å²) in [4.78, 5) is 13.3. The van der Waals surface area contributed by atoms with Crippen molar-refractivity contribution in [2.75, 3.05) is 0 Å². The van der Waals surface area contributed by atoms with E-state index in [9.17, 15) is 0 Å². The lowest BCUT2D eigenvalue weighted by atomic mass is 10.1. The number of nitrogens with zero attached hydrogens (tertiary/aromatic N) is 4. The maximum absolute atomic E-state index is 4.52. The Kier molecular flexibility index (Phi) is 3.46. The maximum atomic E-state index is 4.52. The number of rotatable bonds is 4. The van der Waals surface area contributed by atoms with E-state index in [1.807, 2.05) is 12.4 Å². The van der Waals surface area contributed by atoms with E-state index >= 15 is 0 Å². The standard InChI is InChI=1S/C16H18N4/c1-3-4-8-20-11-19-15-14(17-10-18-16(15)20)13-7-5-6-12(2)9-13/h5-7,9-11H,3-4,8H2,1-2H3. The topological polar surface area (TPSA) is 43.6 Å². The molecule has 0 spiro atoms. The number of aryl methyl sites for hydroxylation is 2. The maximum Gasteiger partial charge on any atom is 0.163 e. The molecule has 2 aromatic heterocycles. The zero-order valence-electron chi connectivity index (χ0n) is 11.9. The van der Waals surface area contributed by atoms with Crippen molar-refractivity contribution in [1.29, 1.82) is 0 Å². The molecule has 0 radical (unpaired) electrons. The van der Waals surface area contributed by atoms with Crippen LogP contribution in [0.1, 0.15) is 25.3 Å². The average Bonchev–Trinajstić information content (AvgIpc) is 2.88. The summed E-state index contributed by atoms with van der Waals surface area (Å²) in [6.07, 6.45) is 5.79. The minimum absolute atomic E-state index is 0.884. The second-order valence-corrected chi connectivity index (χ2v) is 5.06. The number of benzene rings is 1. The van der Waals surface area contributed by atoms with Crippen molar-refractivity contribution in [3.63, 3.8) is 0 Å². The lowest BCUT2D eigenvalue weighted by molar-refractivity contribution is 0.641. The number of fused-ring (bicyclic) bond motifs is 1. The third-order valence-corrected chi connectivity index (χ3v) is 3.45. The predicted octanol–water partition coefficient (Wildman–Crippen LogP) is 3.60. The largest absolute Gasteiger partial charge is 0.315 e. The van der Waals surface area contributed by atoms with Crippen molar-refractivity contribution < 1.29 is 0 Å². The first-order chi connectivity index (χ1) is 9.79. The van der Waals surface area contributed by atoms with Gasteiger partial charge in [0.1, 0.15) is 17.5 Å². The number of imidazole rings is 1. The van der Waals surface area contributed by atoms with Crippen molar-refractivity contribution in [3.8, 4) is 11.3 Å². The Morgan fingerprint density at radius 2 is 2.05 bits per heavy atom. The molecule has 3 aromatic rings. The van der Waals surface area contributed by atoms with E-state index in [4.69, 9.17) is 0 Å². The van der Waals surface area contributed by atoms with Crippen LogP contribution in [0.5, 0.6) is 0 Å². The van der Waals surface area contributed by atoms with E-state index in [-0.39, 0.29) is 0 Å². The lowest BCUT2D eigenvalue weighted by Crippen LogP contribution is -1.98. The molecular formula is C16H18N4. The van der Waals surface area contributed by atoms with Crippen LogP contribution >= 0.6 is 0 Å². The minimum Gasteiger partial charge on any atom is -0.315 e.